The van der Waals surface area contributed by atoms with E-state index < -0.39 is 0 Å². The molecule has 194 valence electrons. The molecular formula is C37H24N2OS. The van der Waals surface area contributed by atoms with Crippen molar-refractivity contribution < 1.29 is 4.42 Å². The molecule has 3 nitrogen and oxygen atoms in total. The molecule has 2 heterocycles. The number of thiazole rings is 1. The largest absolute Gasteiger partial charge is 0.456 e. The molecule has 0 unspecified atom stereocenters. The molecule has 0 spiro atoms. The number of para-hydroxylation sites is 2. The Hall–Kier alpha value is -5.19. The van der Waals surface area contributed by atoms with Crippen LogP contribution in [0.5, 0.6) is 0 Å². The van der Waals surface area contributed by atoms with E-state index in [2.05, 4.69) is 126 Å². The van der Waals surface area contributed by atoms with Gasteiger partial charge in [-0.05, 0) is 41.5 Å². The van der Waals surface area contributed by atoms with Crippen molar-refractivity contribution in [2.75, 3.05) is 4.90 Å². The van der Waals surface area contributed by atoms with Gasteiger partial charge in [-0.25, -0.2) is 4.98 Å². The number of hydrogen-bond donors (Lipinski definition) is 0. The lowest BCUT2D eigenvalue weighted by atomic mass is 10.0. The zero-order valence-electron chi connectivity index (χ0n) is 22.1. The van der Waals surface area contributed by atoms with E-state index in [9.17, 15) is 0 Å². The van der Waals surface area contributed by atoms with Gasteiger partial charge in [-0.15, -0.1) is 11.3 Å². The Labute approximate surface area is 241 Å². The van der Waals surface area contributed by atoms with E-state index in [-0.39, 0.29) is 0 Å². The second-order valence-corrected chi connectivity index (χ2v) is 11.0. The molecule has 6 aromatic carbocycles. The predicted molar refractivity (Wildman–Crippen MR) is 172 cm³/mol. The van der Waals surface area contributed by atoms with Crippen molar-refractivity contribution in [3.05, 3.63) is 146 Å². The van der Waals surface area contributed by atoms with E-state index >= 15 is 0 Å². The van der Waals surface area contributed by atoms with Crippen molar-refractivity contribution in [1.29, 1.82) is 0 Å². The Bertz CT molecular complexity index is 2130. The SMILES string of the molecule is c1ccc(-c2ccc(N(c3ccccc3)c3c4nc(-c5ccccc5)sc4cc4oc5ccccc5c34)cc2)cc1. The van der Waals surface area contributed by atoms with Crippen LogP contribution in [0.1, 0.15) is 0 Å². The molecule has 0 saturated carbocycles. The van der Waals surface area contributed by atoms with Crippen LogP contribution in [-0.2, 0) is 0 Å². The van der Waals surface area contributed by atoms with Crippen molar-refractivity contribution in [1.82, 2.24) is 4.98 Å². The average Bonchev–Trinajstić information content (AvgIpc) is 3.64. The molecule has 2 aromatic heterocycles. The average molecular weight is 545 g/mol. The number of fused-ring (bicyclic) bond motifs is 4. The second-order valence-electron chi connectivity index (χ2n) is 10.0. The van der Waals surface area contributed by atoms with Gasteiger partial charge in [0.1, 0.15) is 21.7 Å². The van der Waals surface area contributed by atoms with E-state index in [1.54, 1.807) is 11.3 Å². The second kappa shape index (κ2) is 9.77. The van der Waals surface area contributed by atoms with Gasteiger partial charge < -0.3 is 9.32 Å². The molecule has 4 heteroatoms. The minimum atomic E-state index is 0.860. The van der Waals surface area contributed by atoms with Crippen LogP contribution >= 0.6 is 11.3 Å². The molecule has 0 atom stereocenters. The third-order valence-electron chi connectivity index (χ3n) is 7.49. The highest BCUT2D eigenvalue weighted by Gasteiger charge is 2.25. The molecule has 8 rings (SSSR count). The third-order valence-corrected chi connectivity index (χ3v) is 8.54. The number of hydrogen-bond acceptors (Lipinski definition) is 4. The first-order valence-corrected chi connectivity index (χ1v) is 14.5. The third kappa shape index (κ3) is 4.08. The summed E-state index contributed by atoms with van der Waals surface area (Å²) in [6.07, 6.45) is 0. The first kappa shape index (κ1) is 23.7. The van der Waals surface area contributed by atoms with Crippen LogP contribution in [0.25, 0.3) is 53.9 Å². The summed E-state index contributed by atoms with van der Waals surface area (Å²) in [5.74, 6) is 0. The van der Waals surface area contributed by atoms with Gasteiger partial charge in [-0.3, -0.25) is 0 Å². The van der Waals surface area contributed by atoms with Crippen molar-refractivity contribution in [2.45, 2.75) is 0 Å². The Morgan fingerprint density at radius 3 is 1.85 bits per heavy atom. The van der Waals surface area contributed by atoms with Gasteiger partial charge in [0.25, 0.3) is 0 Å². The Kier molecular flexibility index (Phi) is 5.64. The van der Waals surface area contributed by atoms with Crippen LogP contribution in [-0.4, -0.2) is 4.98 Å². The molecule has 0 aliphatic rings. The van der Waals surface area contributed by atoms with Gasteiger partial charge >= 0.3 is 0 Å². The van der Waals surface area contributed by atoms with Gasteiger partial charge in [-0.1, -0.05) is 109 Å². The molecule has 0 N–H and O–H groups in total. The van der Waals surface area contributed by atoms with Gasteiger partial charge in [0.05, 0.1) is 15.8 Å². The summed E-state index contributed by atoms with van der Waals surface area (Å²) in [5, 5.41) is 3.13. The molecule has 41 heavy (non-hydrogen) atoms. The summed E-state index contributed by atoms with van der Waals surface area (Å²) < 4.78 is 7.56. The fourth-order valence-corrected chi connectivity index (χ4v) is 6.59. The van der Waals surface area contributed by atoms with E-state index in [0.29, 0.717) is 0 Å². The van der Waals surface area contributed by atoms with E-state index in [1.165, 1.54) is 11.1 Å². The van der Waals surface area contributed by atoms with Crippen molar-refractivity contribution >= 4 is 60.6 Å². The summed E-state index contributed by atoms with van der Waals surface area (Å²) in [6, 6.07) is 50.7. The highest BCUT2D eigenvalue weighted by atomic mass is 32.1. The van der Waals surface area contributed by atoms with Crippen LogP contribution in [0, 0.1) is 0 Å². The number of benzene rings is 6. The minimum absolute atomic E-state index is 0.860. The number of nitrogens with zero attached hydrogens (tertiary/aromatic N) is 2. The van der Waals surface area contributed by atoms with Crippen LogP contribution in [0.4, 0.5) is 17.1 Å². The molecule has 0 saturated heterocycles. The predicted octanol–water partition coefficient (Wildman–Crippen LogP) is 11.0. The van der Waals surface area contributed by atoms with Crippen molar-refractivity contribution in [3.8, 4) is 21.7 Å². The Morgan fingerprint density at radius 2 is 1.12 bits per heavy atom. The first-order chi connectivity index (χ1) is 20.3. The smallest absolute Gasteiger partial charge is 0.139 e. The van der Waals surface area contributed by atoms with Crippen LogP contribution in [0.15, 0.2) is 150 Å². The van der Waals surface area contributed by atoms with Crippen LogP contribution in [0.3, 0.4) is 0 Å². The fraction of sp³-hybridized carbons (Fsp3) is 0. The summed E-state index contributed by atoms with van der Waals surface area (Å²) >= 11 is 1.70. The molecule has 0 fully saturated rings. The summed E-state index contributed by atoms with van der Waals surface area (Å²) in [7, 11) is 0. The highest BCUT2D eigenvalue weighted by molar-refractivity contribution is 7.21. The van der Waals surface area contributed by atoms with E-state index in [1.807, 2.05) is 24.3 Å². The van der Waals surface area contributed by atoms with E-state index in [4.69, 9.17) is 9.40 Å². The van der Waals surface area contributed by atoms with Crippen LogP contribution < -0.4 is 4.90 Å². The monoisotopic (exact) mass is 544 g/mol. The zero-order valence-corrected chi connectivity index (χ0v) is 22.9. The maximum Gasteiger partial charge on any atom is 0.139 e. The molecule has 0 bridgehead atoms. The lowest BCUT2D eigenvalue weighted by molar-refractivity contribution is 0.669. The van der Waals surface area contributed by atoms with E-state index in [0.717, 1.165) is 59.8 Å². The molecule has 8 aromatic rings. The zero-order chi connectivity index (χ0) is 27.2. The molecule has 0 radical (unpaired) electrons. The van der Waals surface area contributed by atoms with Crippen molar-refractivity contribution in [3.63, 3.8) is 0 Å². The maximum atomic E-state index is 6.47. The Morgan fingerprint density at radius 1 is 0.537 bits per heavy atom. The number of aromatic nitrogens is 1. The van der Waals surface area contributed by atoms with Gasteiger partial charge in [-0.2, -0.15) is 0 Å². The normalized spacial score (nSPS) is 11.4. The number of furan rings is 1. The highest BCUT2D eigenvalue weighted by Crippen LogP contribution is 2.48. The van der Waals surface area contributed by atoms with Gasteiger partial charge in [0.15, 0.2) is 0 Å². The lowest BCUT2D eigenvalue weighted by Gasteiger charge is -2.26. The minimum Gasteiger partial charge on any atom is -0.456 e. The first-order valence-electron chi connectivity index (χ1n) is 13.6. The maximum absolute atomic E-state index is 6.47. The molecule has 0 aliphatic heterocycles. The lowest BCUT2D eigenvalue weighted by Crippen LogP contribution is -2.11. The van der Waals surface area contributed by atoms with Gasteiger partial charge in [0, 0.05) is 28.4 Å². The topological polar surface area (TPSA) is 29.3 Å². The van der Waals surface area contributed by atoms with Gasteiger partial charge in [0.2, 0.25) is 0 Å². The summed E-state index contributed by atoms with van der Waals surface area (Å²) in [4.78, 5) is 7.62. The Balaban J connectivity index is 1.43. The van der Waals surface area contributed by atoms with Crippen molar-refractivity contribution in [2.24, 2.45) is 0 Å². The number of rotatable bonds is 5. The quantitative estimate of drug-likeness (QED) is 0.216. The summed E-state index contributed by atoms with van der Waals surface area (Å²) in [6.45, 7) is 0. The standard InChI is InChI=1S/C37H24N2OS/c1-4-12-25(13-5-1)26-20-22-29(23-21-26)39(28-16-8-3-9-17-28)36-34-30-18-10-11-19-31(30)40-32(34)24-33-35(36)38-37(41-33)27-14-6-2-7-15-27/h1-24H. The molecule has 0 amide bonds. The van der Waals surface area contributed by atoms with Crippen LogP contribution in [0.2, 0.25) is 0 Å². The summed E-state index contributed by atoms with van der Waals surface area (Å²) in [5.41, 5.74) is 9.33. The fourth-order valence-electron chi connectivity index (χ4n) is 5.59. The molecular weight excluding hydrogens is 520 g/mol. The number of anilines is 3. The molecule has 0 aliphatic carbocycles.